The smallest absolute Gasteiger partial charge is 0.329 e. The number of fused-ring (bicyclic) bond motifs is 1. The van der Waals surface area contributed by atoms with Crippen LogP contribution >= 0.6 is 0 Å². The van der Waals surface area contributed by atoms with Gasteiger partial charge >= 0.3 is 5.97 Å². The zero-order valence-electron chi connectivity index (χ0n) is 36.0. The number of H-pyrrole nitrogens is 1. The third kappa shape index (κ3) is 10.6. The van der Waals surface area contributed by atoms with Crippen LogP contribution in [0.1, 0.15) is 123 Å². The lowest BCUT2D eigenvalue weighted by atomic mass is 9.88. The number of pyridine rings is 1. The molecule has 0 bridgehead atoms. The number of esters is 1. The van der Waals surface area contributed by atoms with E-state index in [9.17, 15) is 22.8 Å². The lowest BCUT2D eigenvalue weighted by Gasteiger charge is -2.35. The van der Waals surface area contributed by atoms with Gasteiger partial charge in [-0.15, -0.1) is 0 Å². The lowest BCUT2D eigenvalue weighted by Crippen LogP contribution is -2.45. The number of nitrogens with zero attached hydrogens (tertiary/aromatic N) is 1. The predicted octanol–water partition coefficient (Wildman–Crippen LogP) is 7.30. The number of aliphatic imine (C=N–C) groups is 1. The summed E-state index contributed by atoms with van der Waals surface area (Å²) in [7, 11) is -4.12. The van der Waals surface area contributed by atoms with E-state index in [0.717, 1.165) is 40.0 Å². The Morgan fingerprint density at radius 3 is 2.31 bits per heavy atom. The number of ether oxygens (including phenoxy) is 2. The number of hydrogen-bond donors (Lipinski definition) is 4. The maximum Gasteiger partial charge on any atom is 0.329 e. The fraction of sp³-hybridized carbons (Fsp3) is 0.435. The minimum atomic E-state index is -4.12. The number of amides is 1. The Labute approximate surface area is 348 Å². The summed E-state index contributed by atoms with van der Waals surface area (Å²) in [6.45, 7) is 18.9. The van der Waals surface area contributed by atoms with Crippen molar-refractivity contribution in [2.75, 3.05) is 6.54 Å². The molecule has 1 aliphatic rings. The number of carbonyl (C=O) groups is 2. The van der Waals surface area contributed by atoms with Gasteiger partial charge in [-0.05, 0) is 150 Å². The molecule has 1 amide bonds. The van der Waals surface area contributed by atoms with Crippen molar-refractivity contribution >= 4 is 27.9 Å². The second-order valence-corrected chi connectivity index (χ2v) is 18.8. The van der Waals surface area contributed by atoms with Crippen LogP contribution in [0.5, 0.6) is 5.75 Å². The molecule has 59 heavy (non-hydrogen) atoms. The lowest BCUT2D eigenvalue weighted by molar-refractivity contribution is -0.157. The highest BCUT2D eigenvalue weighted by atomic mass is 32.2. The number of aromatic amines is 1. The molecule has 316 valence electrons. The zero-order chi connectivity index (χ0) is 43.4. The topological polar surface area (TPSA) is 182 Å². The zero-order valence-corrected chi connectivity index (χ0v) is 36.8. The Balaban J connectivity index is 1.33. The summed E-state index contributed by atoms with van der Waals surface area (Å²) >= 11 is 0. The minimum absolute atomic E-state index is 0.0272. The second kappa shape index (κ2) is 17.8. The molecule has 5 rings (SSSR count). The van der Waals surface area contributed by atoms with Gasteiger partial charge in [0, 0.05) is 12.7 Å². The van der Waals surface area contributed by atoms with Gasteiger partial charge in [0.15, 0.2) is 0 Å². The Hall–Kier alpha value is -5.43. The van der Waals surface area contributed by atoms with E-state index < -0.39 is 39.1 Å². The van der Waals surface area contributed by atoms with Crippen molar-refractivity contribution in [1.29, 1.82) is 0 Å². The molecule has 0 radical (unpaired) electrons. The first-order valence-electron chi connectivity index (χ1n) is 20.2. The number of hydrogen-bond acceptors (Lipinski definition) is 8. The van der Waals surface area contributed by atoms with Crippen molar-refractivity contribution < 1.29 is 27.5 Å². The molecule has 0 unspecified atom stereocenters. The quantitative estimate of drug-likeness (QED) is 0.0469. The number of carbonyl (C=O) groups excluding carboxylic acids is 2. The highest BCUT2D eigenvalue weighted by molar-refractivity contribution is 7.90. The van der Waals surface area contributed by atoms with Gasteiger partial charge in [-0.3, -0.25) is 14.6 Å². The van der Waals surface area contributed by atoms with Crippen molar-refractivity contribution in [3.05, 3.63) is 116 Å². The highest BCUT2D eigenvalue weighted by Crippen LogP contribution is 2.42. The molecule has 0 saturated heterocycles. The molecule has 0 fully saturated rings. The number of rotatable bonds is 13. The molecule has 0 spiro atoms. The molecule has 2 heterocycles. The van der Waals surface area contributed by atoms with Crippen molar-refractivity contribution in [3.63, 3.8) is 0 Å². The molecule has 12 nitrogen and oxygen atoms in total. The van der Waals surface area contributed by atoms with Crippen LogP contribution in [0.25, 0.3) is 11.1 Å². The molecule has 1 atom stereocenters. The monoisotopic (exact) mass is 825 g/mol. The van der Waals surface area contributed by atoms with Gasteiger partial charge in [-0.25, -0.2) is 17.9 Å². The molecule has 0 saturated carbocycles. The Morgan fingerprint density at radius 1 is 0.966 bits per heavy atom. The van der Waals surface area contributed by atoms with Gasteiger partial charge in [0.1, 0.15) is 28.6 Å². The molecule has 13 heteroatoms. The summed E-state index contributed by atoms with van der Waals surface area (Å²) in [5, 5.41) is 2.75. The molecule has 5 N–H and O–H groups in total. The van der Waals surface area contributed by atoms with Crippen LogP contribution in [0.15, 0.2) is 75.5 Å². The van der Waals surface area contributed by atoms with E-state index in [1.54, 1.807) is 40.7 Å². The fourth-order valence-electron chi connectivity index (χ4n) is 7.62. The van der Waals surface area contributed by atoms with Crippen LogP contribution < -0.4 is 26.1 Å². The van der Waals surface area contributed by atoms with Crippen LogP contribution in [0.3, 0.4) is 0 Å². The van der Waals surface area contributed by atoms with E-state index in [0.29, 0.717) is 23.1 Å². The molecule has 0 aliphatic carbocycles. The molecule has 1 aromatic heterocycles. The molecule has 3 aromatic carbocycles. The maximum absolute atomic E-state index is 14.0. The largest absolute Gasteiger partial charge is 0.487 e. The van der Waals surface area contributed by atoms with E-state index in [1.165, 1.54) is 11.8 Å². The number of guanidine groups is 1. The van der Waals surface area contributed by atoms with Crippen LogP contribution in [0.2, 0.25) is 0 Å². The standard InChI is InChI=1S/C46H59N5O7S/c1-27(2)33-17-13-14-19-36(33)35-18-12-11-16-31(35)26-32-22-25-48-41(52)38(32)42(53)50-37(43(54)58-45(6,7)8)20-15-24-49-44(47)51-59(55,56)40-29(4)28(3)39-34(30(40)5)21-23-46(9,10)57-39/h11-14,16-19,22,25,27,37H,15,20-21,23-24,26H2,1-10H3,(H,48,52)(H,50,53)(H3,47,49,51)/t37-/m0/s1. The average Bonchev–Trinajstić information content (AvgIpc) is 3.14. The normalized spacial score (nSPS) is 14.6. The third-order valence-electron chi connectivity index (χ3n) is 10.6. The number of nitrogens with two attached hydrogens (primary N) is 1. The Kier molecular flexibility index (Phi) is 13.5. The number of benzene rings is 3. The van der Waals surface area contributed by atoms with Crippen LogP contribution in [0, 0.1) is 20.8 Å². The summed E-state index contributed by atoms with van der Waals surface area (Å²) in [6.07, 6.45) is 3.50. The van der Waals surface area contributed by atoms with Crippen molar-refractivity contribution in [2.45, 2.75) is 129 Å². The fourth-order valence-corrected chi connectivity index (χ4v) is 9.15. The van der Waals surface area contributed by atoms with Gasteiger partial charge in [-0.2, -0.15) is 0 Å². The van der Waals surface area contributed by atoms with Crippen molar-refractivity contribution in [1.82, 2.24) is 15.0 Å². The van der Waals surface area contributed by atoms with E-state index >= 15 is 0 Å². The van der Waals surface area contributed by atoms with Gasteiger partial charge in [-0.1, -0.05) is 62.4 Å². The second-order valence-electron chi connectivity index (χ2n) is 17.2. The molecular formula is C46H59N5O7S. The summed E-state index contributed by atoms with van der Waals surface area (Å²) in [5.41, 5.74) is 11.7. The number of sulfonamides is 1. The third-order valence-corrected chi connectivity index (χ3v) is 12.3. The first-order valence-corrected chi connectivity index (χ1v) is 21.6. The summed E-state index contributed by atoms with van der Waals surface area (Å²) in [4.78, 5) is 47.8. The Bertz CT molecular complexity index is 2430. The predicted molar refractivity (Wildman–Crippen MR) is 233 cm³/mol. The minimum Gasteiger partial charge on any atom is -0.487 e. The van der Waals surface area contributed by atoms with Gasteiger partial charge < -0.3 is 25.5 Å². The maximum atomic E-state index is 14.0. The highest BCUT2D eigenvalue weighted by Gasteiger charge is 2.34. The first kappa shape index (κ1) is 44.7. The summed E-state index contributed by atoms with van der Waals surface area (Å²) in [6, 6.07) is 16.6. The van der Waals surface area contributed by atoms with E-state index in [4.69, 9.17) is 15.2 Å². The van der Waals surface area contributed by atoms with Crippen LogP contribution in [0.4, 0.5) is 0 Å². The number of aromatic nitrogens is 1. The van der Waals surface area contributed by atoms with Crippen molar-refractivity contribution in [2.24, 2.45) is 10.7 Å². The Morgan fingerprint density at radius 2 is 1.63 bits per heavy atom. The molecule has 4 aromatic rings. The van der Waals surface area contributed by atoms with Crippen LogP contribution in [-0.4, -0.2) is 55.0 Å². The molecular weight excluding hydrogens is 767 g/mol. The SMILES string of the molecule is Cc1c(C)c(S(=O)(=O)NC(N)=NCCC[C@H](NC(=O)c2c(Cc3ccccc3-c3ccccc3C(C)C)cc[nH]c2=O)C(=O)OC(C)(C)C)c(C)c2c1OC(C)(C)CC2. The summed E-state index contributed by atoms with van der Waals surface area (Å²) in [5.74, 6) is -0.725. The van der Waals surface area contributed by atoms with Crippen molar-refractivity contribution in [3.8, 4) is 16.9 Å². The average molecular weight is 826 g/mol. The van der Waals surface area contributed by atoms with E-state index in [1.807, 2.05) is 57.2 Å². The molecule has 1 aliphatic heterocycles. The van der Waals surface area contributed by atoms with Gasteiger partial charge in [0.2, 0.25) is 5.96 Å². The van der Waals surface area contributed by atoms with Crippen LogP contribution in [-0.2, 0) is 32.4 Å². The summed E-state index contributed by atoms with van der Waals surface area (Å²) < 4.78 is 41.8. The van der Waals surface area contributed by atoms with Gasteiger partial charge in [0.25, 0.3) is 21.5 Å². The van der Waals surface area contributed by atoms with E-state index in [-0.39, 0.29) is 53.7 Å². The number of nitrogens with one attached hydrogen (secondary N) is 3. The van der Waals surface area contributed by atoms with Gasteiger partial charge in [0.05, 0.1) is 4.90 Å². The van der Waals surface area contributed by atoms with E-state index in [2.05, 4.69) is 46.0 Å². The first-order chi connectivity index (χ1) is 27.6.